The summed E-state index contributed by atoms with van der Waals surface area (Å²) in [5.41, 5.74) is 0. The number of hydrogen-bond acceptors (Lipinski definition) is 3. The van der Waals surface area contributed by atoms with Gasteiger partial charge in [0.15, 0.2) is 0 Å². The number of rotatable bonds is 7. The molecule has 1 heterocycles. The van der Waals surface area contributed by atoms with Crippen LogP contribution in [0.1, 0.15) is 58.8 Å². The first kappa shape index (κ1) is 16.3. The van der Waals surface area contributed by atoms with Gasteiger partial charge < -0.3 is 15.0 Å². The zero-order valence-corrected chi connectivity index (χ0v) is 13.7. The molecule has 20 heavy (non-hydrogen) atoms. The molecule has 1 aliphatic heterocycles. The Morgan fingerprint density at radius 1 is 1.00 bits per heavy atom. The molecule has 0 aromatic heterocycles. The predicted molar refractivity (Wildman–Crippen MR) is 85.1 cm³/mol. The summed E-state index contributed by atoms with van der Waals surface area (Å²) in [4.78, 5) is 2.51. The van der Waals surface area contributed by atoms with Gasteiger partial charge in [0.25, 0.3) is 0 Å². The van der Waals surface area contributed by atoms with Crippen molar-refractivity contribution in [3.63, 3.8) is 0 Å². The monoisotopic (exact) mass is 282 g/mol. The highest BCUT2D eigenvalue weighted by molar-refractivity contribution is 4.79. The first-order valence-corrected chi connectivity index (χ1v) is 8.71. The summed E-state index contributed by atoms with van der Waals surface area (Å²) >= 11 is 0. The molecule has 0 spiro atoms. The van der Waals surface area contributed by atoms with E-state index < -0.39 is 0 Å². The van der Waals surface area contributed by atoms with Gasteiger partial charge in [-0.2, -0.15) is 0 Å². The summed E-state index contributed by atoms with van der Waals surface area (Å²) in [6.07, 6.45) is 10.6. The van der Waals surface area contributed by atoms with Crippen LogP contribution in [0.15, 0.2) is 0 Å². The Morgan fingerprint density at radius 2 is 1.70 bits per heavy atom. The molecular weight excluding hydrogens is 248 g/mol. The van der Waals surface area contributed by atoms with Crippen LogP contribution in [0.25, 0.3) is 0 Å². The molecule has 1 saturated heterocycles. The predicted octanol–water partition coefficient (Wildman–Crippen LogP) is 3.04. The van der Waals surface area contributed by atoms with Crippen LogP contribution in [-0.4, -0.2) is 49.8 Å². The van der Waals surface area contributed by atoms with E-state index in [1.807, 2.05) is 0 Å². The lowest BCUT2D eigenvalue weighted by molar-refractivity contribution is 0.0239. The Hall–Kier alpha value is -0.120. The van der Waals surface area contributed by atoms with Gasteiger partial charge in [0.1, 0.15) is 0 Å². The maximum Gasteiger partial charge on any atom is 0.0707 e. The third-order valence-electron chi connectivity index (χ3n) is 4.76. The highest BCUT2D eigenvalue weighted by Crippen LogP contribution is 2.25. The lowest BCUT2D eigenvalue weighted by atomic mass is 9.89. The number of nitrogens with one attached hydrogen (secondary N) is 1. The van der Waals surface area contributed by atoms with Crippen molar-refractivity contribution in [2.24, 2.45) is 5.92 Å². The van der Waals surface area contributed by atoms with Crippen LogP contribution < -0.4 is 5.32 Å². The fourth-order valence-corrected chi connectivity index (χ4v) is 3.66. The average molecular weight is 282 g/mol. The third kappa shape index (κ3) is 5.71. The maximum absolute atomic E-state index is 6.17. The number of hydrogen-bond donors (Lipinski definition) is 1. The van der Waals surface area contributed by atoms with Crippen molar-refractivity contribution in [2.45, 2.75) is 77.0 Å². The largest absolute Gasteiger partial charge is 0.372 e. The molecule has 2 fully saturated rings. The van der Waals surface area contributed by atoms with Gasteiger partial charge in [0.2, 0.25) is 0 Å². The van der Waals surface area contributed by atoms with E-state index in [1.54, 1.807) is 0 Å². The van der Waals surface area contributed by atoms with Crippen molar-refractivity contribution >= 4 is 0 Å². The van der Waals surface area contributed by atoms with E-state index in [9.17, 15) is 0 Å². The topological polar surface area (TPSA) is 24.5 Å². The van der Waals surface area contributed by atoms with Gasteiger partial charge in [-0.1, -0.05) is 33.1 Å². The normalized spacial score (nSPS) is 28.6. The SMILES string of the molecule is CC(C)NCC1CCC(CN(C)CC2CCCCC2)O1. The van der Waals surface area contributed by atoms with E-state index in [0.29, 0.717) is 18.2 Å². The van der Waals surface area contributed by atoms with Gasteiger partial charge >= 0.3 is 0 Å². The molecular formula is C17H34N2O. The fourth-order valence-electron chi connectivity index (χ4n) is 3.66. The molecule has 0 aromatic rings. The molecule has 1 aliphatic carbocycles. The van der Waals surface area contributed by atoms with E-state index in [2.05, 4.69) is 31.1 Å². The standard InChI is InChI=1S/C17H34N2O/c1-14(2)18-11-16-9-10-17(20-16)13-19(3)12-15-7-5-4-6-8-15/h14-18H,4-13H2,1-3H3. The Morgan fingerprint density at radius 3 is 2.40 bits per heavy atom. The van der Waals surface area contributed by atoms with Crippen molar-refractivity contribution in [3.8, 4) is 0 Å². The van der Waals surface area contributed by atoms with Gasteiger partial charge in [-0.3, -0.25) is 0 Å². The lowest BCUT2D eigenvalue weighted by Gasteiger charge is -2.28. The quantitative estimate of drug-likeness (QED) is 0.777. The van der Waals surface area contributed by atoms with Gasteiger partial charge in [0, 0.05) is 25.7 Å². The molecule has 2 aliphatic rings. The first-order valence-electron chi connectivity index (χ1n) is 8.71. The molecule has 2 unspecified atom stereocenters. The van der Waals surface area contributed by atoms with Crippen LogP contribution in [0.5, 0.6) is 0 Å². The molecule has 2 rings (SSSR count). The summed E-state index contributed by atoms with van der Waals surface area (Å²) < 4.78 is 6.17. The fraction of sp³-hybridized carbons (Fsp3) is 1.00. The van der Waals surface area contributed by atoms with Crippen molar-refractivity contribution in [1.82, 2.24) is 10.2 Å². The van der Waals surface area contributed by atoms with Crippen LogP contribution in [0, 0.1) is 5.92 Å². The Kier molecular flexibility index (Phi) is 6.79. The summed E-state index contributed by atoms with van der Waals surface area (Å²) in [6, 6.07) is 0.562. The molecule has 3 nitrogen and oxygen atoms in total. The van der Waals surface area contributed by atoms with Gasteiger partial charge in [-0.05, 0) is 38.6 Å². The lowest BCUT2D eigenvalue weighted by Crippen LogP contribution is -2.35. The van der Waals surface area contributed by atoms with Crippen molar-refractivity contribution in [1.29, 1.82) is 0 Å². The van der Waals surface area contributed by atoms with E-state index in [1.165, 1.54) is 51.5 Å². The van der Waals surface area contributed by atoms with Crippen molar-refractivity contribution in [3.05, 3.63) is 0 Å². The summed E-state index contributed by atoms with van der Waals surface area (Å²) in [6.45, 7) is 7.80. The van der Waals surface area contributed by atoms with Crippen LogP contribution in [0.2, 0.25) is 0 Å². The van der Waals surface area contributed by atoms with Gasteiger partial charge in [-0.25, -0.2) is 0 Å². The van der Waals surface area contributed by atoms with E-state index in [0.717, 1.165) is 19.0 Å². The van der Waals surface area contributed by atoms with Crippen molar-refractivity contribution < 1.29 is 4.74 Å². The highest BCUT2D eigenvalue weighted by atomic mass is 16.5. The molecule has 0 amide bonds. The summed E-state index contributed by atoms with van der Waals surface area (Å²) in [7, 11) is 2.28. The number of nitrogens with zero attached hydrogens (tertiary/aromatic N) is 1. The molecule has 0 bridgehead atoms. The summed E-state index contributed by atoms with van der Waals surface area (Å²) in [5.74, 6) is 0.938. The number of ether oxygens (including phenoxy) is 1. The van der Waals surface area contributed by atoms with Crippen LogP contribution in [-0.2, 0) is 4.74 Å². The Labute approximate surface area is 125 Å². The minimum absolute atomic E-state index is 0.436. The molecule has 118 valence electrons. The molecule has 1 saturated carbocycles. The molecule has 0 aromatic carbocycles. The second-order valence-electron chi connectivity index (χ2n) is 7.25. The van der Waals surface area contributed by atoms with Crippen LogP contribution >= 0.6 is 0 Å². The number of likely N-dealkylation sites (N-methyl/N-ethyl adjacent to an activating group) is 1. The zero-order valence-electron chi connectivity index (χ0n) is 13.7. The van der Waals surface area contributed by atoms with E-state index in [4.69, 9.17) is 4.74 Å². The second kappa shape index (κ2) is 8.35. The Balaban J connectivity index is 1.61. The molecule has 1 N–H and O–H groups in total. The minimum atomic E-state index is 0.436. The smallest absolute Gasteiger partial charge is 0.0707 e. The van der Waals surface area contributed by atoms with Crippen LogP contribution in [0.3, 0.4) is 0 Å². The maximum atomic E-state index is 6.17. The van der Waals surface area contributed by atoms with E-state index >= 15 is 0 Å². The van der Waals surface area contributed by atoms with Gasteiger partial charge in [-0.15, -0.1) is 0 Å². The van der Waals surface area contributed by atoms with E-state index in [-0.39, 0.29) is 0 Å². The van der Waals surface area contributed by atoms with Crippen molar-refractivity contribution in [2.75, 3.05) is 26.7 Å². The highest BCUT2D eigenvalue weighted by Gasteiger charge is 2.26. The average Bonchev–Trinajstić information content (AvgIpc) is 2.85. The third-order valence-corrected chi connectivity index (χ3v) is 4.76. The van der Waals surface area contributed by atoms with Gasteiger partial charge in [0.05, 0.1) is 12.2 Å². The molecule has 2 atom stereocenters. The Bertz CT molecular complexity index is 264. The summed E-state index contributed by atoms with van der Waals surface area (Å²) in [5, 5.41) is 3.49. The first-order chi connectivity index (χ1) is 9.63. The second-order valence-corrected chi connectivity index (χ2v) is 7.25. The minimum Gasteiger partial charge on any atom is -0.372 e. The molecule has 3 heteroatoms. The molecule has 0 radical (unpaired) electrons. The van der Waals surface area contributed by atoms with Crippen LogP contribution in [0.4, 0.5) is 0 Å². The zero-order chi connectivity index (χ0) is 14.4.